The van der Waals surface area contributed by atoms with Crippen LogP contribution in [0, 0.1) is 5.82 Å². The molecule has 0 bridgehead atoms. The van der Waals surface area contributed by atoms with E-state index in [2.05, 4.69) is 10.3 Å². The Balaban J connectivity index is 1.92. The van der Waals surface area contributed by atoms with Gasteiger partial charge in [0, 0.05) is 5.56 Å². The molecule has 0 amide bonds. The molecule has 0 spiro atoms. The Bertz CT molecular complexity index is 682. The first-order chi connectivity index (χ1) is 11.0. The first-order valence-corrected chi connectivity index (χ1v) is 6.99. The molecule has 0 saturated carbocycles. The minimum Gasteiger partial charge on any atom is -0.394 e. The van der Waals surface area contributed by atoms with Crippen molar-refractivity contribution >= 4 is 0 Å². The van der Waals surface area contributed by atoms with Crippen molar-refractivity contribution < 1.29 is 29.6 Å². The average molecular weight is 325 g/mol. The number of aliphatic hydroxyl groups excluding tert-OH is 4. The molecule has 8 nitrogen and oxygen atoms in total. The predicted molar refractivity (Wildman–Crippen MR) is 74.4 cm³/mol. The van der Waals surface area contributed by atoms with Gasteiger partial charge in [0.05, 0.1) is 12.8 Å². The second kappa shape index (κ2) is 6.30. The van der Waals surface area contributed by atoms with Crippen molar-refractivity contribution in [1.82, 2.24) is 15.0 Å². The number of hydrogen-bond acceptors (Lipinski definition) is 7. The number of halogens is 1. The zero-order valence-electron chi connectivity index (χ0n) is 11.9. The highest BCUT2D eigenvalue weighted by Crippen LogP contribution is 2.29. The number of hydrogen-bond donors (Lipinski definition) is 4. The first kappa shape index (κ1) is 16.0. The van der Waals surface area contributed by atoms with Crippen LogP contribution in [0.1, 0.15) is 6.04 Å². The number of nitrogens with zero attached hydrogens (tertiary/aromatic N) is 3. The zero-order valence-corrected chi connectivity index (χ0v) is 11.9. The summed E-state index contributed by atoms with van der Waals surface area (Å²) in [6.45, 7) is -0.535. The number of aliphatic hydroxyl groups is 4. The van der Waals surface area contributed by atoms with Crippen molar-refractivity contribution in [1.29, 1.82) is 0 Å². The maximum absolute atomic E-state index is 13.3. The number of benzene rings is 1. The third kappa shape index (κ3) is 2.96. The molecule has 0 aliphatic carbocycles. The summed E-state index contributed by atoms with van der Waals surface area (Å²) in [6, 6.07) is 4.66. The van der Waals surface area contributed by atoms with Gasteiger partial charge in [-0.3, -0.25) is 0 Å². The normalized spacial score (nSPS) is 31.3. The molecule has 0 unspecified atom stereocenters. The topological polar surface area (TPSA) is 121 Å². The number of ether oxygens (including phenoxy) is 1. The first-order valence-electron chi connectivity index (χ1n) is 6.99. The van der Waals surface area contributed by atoms with Crippen LogP contribution < -0.4 is 0 Å². The molecule has 5 atom stereocenters. The van der Waals surface area contributed by atoms with Crippen LogP contribution in [-0.2, 0) is 4.74 Å². The Labute approximate surface area is 130 Å². The largest absolute Gasteiger partial charge is 0.394 e. The predicted octanol–water partition coefficient (Wildman–Crippen LogP) is -0.943. The molecule has 2 aromatic rings. The molecule has 1 aliphatic heterocycles. The van der Waals surface area contributed by atoms with Gasteiger partial charge >= 0.3 is 0 Å². The molecular weight excluding hydrogens is 309 g/mol. The molecule has 1 aromatic heterocycles. The van der Waals surface area contributed by atoms with Gasteiger partial charge < -0.3 is 25.2 Å². The second-order valence-electron chi connectivity index (χ2n) is 5.31. The summed E-state index contributed by atoms with van der Waals surface area (Å²) >= 11 is 0. The lowest BCUT2D eigenvalue weighted by Crippen LogP contribution is -2.55. The summed E-state index contributed by atoms with van der Waals surface area (Å²) in [7, 11) is 0. The summed E-state index contributed by atoms with van der Waals surface area (Å²) in [5.74, 6) is -0.432. The van der Waals surface area contributed by atoms with Crippen LogP contribution in [0.3, 0.4) is 0 Å². The quantitative estimate of drug-likeness (QED) is 0.574. The van der Waals surface area contributed by atoms with Gasteiger partial charge in [-0.1, -0.05) is 17.3 Å². The highest BCUT2D eigenvalue weighted by atomic mass is 19.1. The fourth-order valence-corrected chi connectivity index (χ4v) is 2.60. The van der Waals surface area contributed by atoms with Crippen molar-refractivity contribution in [2.75, 3.05) is 6.61 Å². The molecule has 1 saturated heterocycles. The SMILES string of the molecule is OC[C@H]1O[C@H](O)[C@H](O)[C@@H](n2cc(-c3cccc(F)c3)nn2)[C@H]1O. The molecule has 1 aliphatic rings. The van der Waals surface area contributed by atoms with Gasteiger partial charge in [0.15, 0.2) is 6.29 Å². The van der Waals surface area contributed by atoms with Gasteiger partial charge in [-0.05, 0) is 12.1 Å². The lowest BCUT2D eigenvalue weighted by Gasteiger charge is -2.39. The summed E-state index contributed by atoms with van der Waals surface area (Å²) in [5.41, 5.74) is 0.817. The van der Waals surface area contributed by atoms with Crippen LogP contribution in [-0.4, -0.2) is 66.6 Å². The Morgan fingerprint density at radius 3 is 2.70 bits per heavy atom. The molecule has 2 heterocycles. The molecule has 23 heavy (non-hydrogen) atoms. The molecular formula is C14H16FN3O5. The fraction of sp³-hybridized carbons (Fsp3) is 0.429. The standard InChI is InChI=1S/C14H16FN3O5/c15-8-3-1-2-7(4-8)9-5-18(17-16-9)11-12(20)10(6-19)23-14(22)13(11)21/h1-5,10-14,19-22H,6H2/t10-,11+,12+,13-,14+/m1/s1. The van der Waals surface area contributed by atoms with E-state index in [1.807, 2.05) is 0 Å². The van der Waals surface area contributed by atoms with E-state index in [9.17, 15) is 24.8 Å². The fourth-order valence-electron chi connectivity index (χ4n) is 2.60. The Hall–Kier alpha value is -1.91. The Morgan fingerprint density at radius 2 is 2.00 bits per heavy atom. The van der Waals surface area contributed by atoms with Crippen molar-refractivity contribution in [3.8, 4) is 11.3 Å². The molecule has 4 N–H and O–H groups in total. The van der Waals surface area contributed by atoms with E-state index in [0.29, 0.717) is 11.3 Å². The van der Waals surface area contributed by atoms with E-state index in [0.717, 1.165) is 0 Å². The second-order valence-corrected chi connectivity index (χ2v) is 5.31. The van der Waals surface area contributed by atoms with Crippen LogP contribution in [0.15, 0.2) is 30.5 Å². The molecule has 9 heteroatoms. The molecule has 0 radical (unpaired) electrons. The number of rotatable bonds is 3. The Morgan fingerprint density at radius 1 is 1.22 bits per heavy atom. The van der Waals surface area contributed by atoms with Crippen molar-refractivity contribution in [2.45, 2.75) is 30.6 Å². The van der Waals surface area contributed by atoms with Crippen LogP contribution in [0.2, 0.25) is 0 Å². The van der Waals surface area contributed by atoms with Crippen LogP contribution >= 0.6 is 0 Å². The van der Waals surface area contributed by atoms with E-state index in [-0.39, 0.29) is 0 Å². The molecule has 3 rings (SSSR count). The highest BCUT2D eigenvalue weighted by molar-refractivity contribution is 5.57. The smallest absolute Gasteiger partial charge is 0.183 e. The minimum absolute atomic E-state index is 0.338. The van der Waals surface area contributed by atoms with E-state index in [1.165, 1.54) is 29.1 Å². The van der Waals surface area contributed by atoms with Gasteiger partial charge in [-0.25, -0.2) is 9.07 Å². The van der Waals surface area contributed by atoms with Crippen molar-refractivity contribution in [2.24, 2.45) is 0 Å². The van der Waals surface area contributed by atoms with Crippen LogP contribution in [0.25, 0.3) is 11.3 Å². The summed E-state index contributed by atoms with van der Waals surface area (Å²) in [5, 5.41) is 46.8. The Kier molecular flexibility index (Phi) is 4.37. The third-order valence-electron chi connectivity index (χ3n) is 3.80. The zero-order chi connectivity index (χ0) is 16.6. The third-order valence-corrected chi connectivity index (χ3v) is 3.80. The van der Waals surface area contributed by atoms with Gasteiger partial charge in [-0.15, -0.1) is 5.10 Å². The maximum Gasteiger partial charge on any atom is 0.183 e. The lowest BCUT2D eigenvalue weighted by atomic mass is 9.96. The van der Waals surface area contributed by atoms with Crippen LogP contribution in [0.4, 0.5) is 4.39 Å². The maximum atomic E-state index is 13.3. The van der Waals surface area contributed by atoms with Gasteiger partial charge in [0.25, 0.3) is 0 Å². The highest BCUT2D eigenvalue weighted by Gasteiger charge is 2.45. The molecule has 124 valence electrons. The number of aromatic nitrogens is 3. The summed E-state index contributed by atoms with van der Waals surface area (Å²) in [6.07, 6.45) is -4.00. The summed E-state index contributed by atoms with van der Waals surface area (Å²) in [4.78, 5) is 0. The van der Waals surface area contributed by atoms with Crippen molar-refractivity contribution in [3.05, 3.63) is 36.3 Å². The monoisotopic (exact) mass is 325 g/mol. The van der Waals surface area contributed by atoms with E-state index in [4.69, 9.17) is 4.74 Å². The van der Waals surface area contributed by atoms with E-state index >= 15 is 0 Å². The van der Waals surface area contributed by atoms with Gasteiger partial charge in [-0.2, -0.15) is 0 Å². The van der Waals surface area contributed by atoms with Crippen molar-refractivity contribution in [3.63, 3.8) is 0 Å². The average Bonchev–Trinajstić information content (AvgIpc) is 3.01. The lowest BCUT2D eigenvalue weighted by molar-refractivity contribution is -0.270. The van der Waals surface area contributed by atoms with E-state index in [1.54, 1.807) is 6.07 Å². The van der Waals surface area contributed by atoms with Crippen LogP contribution in [0.5, 0.6) is 0 Å². The minimum atomic E-state index is -1.58. The summed E-state index contributed by atoms with van der Waals surface area (Å²) < 4.78 is 19.4. The van der Waals surface area contributed by atoms with Gasteiger partial charge in [0.2, 0.25) is 0 Å². The molecule has 1 fully saturated rings. The molecule has 1 aromatic carbocycles. The van der Waals surface area contributed by atoms with E-state index < -0.39 is 43.1 Å². The van der Waals surface area contributed by atoms with Gasteiger partial charge in [0.1, 0.15) is 35.9 Å².